The fraction of sp³-hybridized carbons (Fsp3) is 0.167. The van der Waals surface area contributed by atoms with Crippen LogP contribution in [-0.2, 0) is 16.0 Å². The largest absolute Gasteiger partial charge is 0.452 e. The van der Waals surface area contributed by atoms with Gasteiger partial charge in [0.05, 0.1) is 20.8 Å². The van der Waals surface area contributed by atoms with Crippen molar-refractivity contribution < 1.29 is 18.7 Å². The van der Waals surface area contributed by atoms with Crippen LogP contribution in [0, 0.1) is 5.82 Å². The molecule has 0 aliphatic heterocycles. The summed E-state index contributed by atoms with van der Waals surface area (Å²) in [5.41, 5.74) is 0.722. The highest BCUT2D eigenvalue weighted by molar-refractivity contribution is 9.10. The summed E-state index contributed by atoms with van der Waals surface area (Å²) >= 11 is 4.68. The lowest BCUT2D eigenvalue weighted by Gasteiger charge is -2.06. The van der Waals surface area contributed by atoms with Gasteiger partial charge in [0.15, 0.2) is 6.61 Å². The predicted octanol–water partition coefficient (Wildman–Crippen LogP) is 3.71. The number of para-hydroxylation sites is 1. The summed E-state index contributed by atoms with van der Waals surface area (Å²) in [6.45, 7) is -0.0863. The third kappa shape index (κ3) is 4.64. The molecule has 0 bridgehead atoms. The molecule has 0 aliphatic carbocycles. The number of hydrogen-bond acceptors (Lipinski definition) is 5. The number of thiazole rings is 1. The van der Waals surface area contributed by atoms with Gasteiger partial charge in [-0.3, -0.25) is 4.79 Å². The summed E-state index contributed by atoms with van der Waals surface area (Å²) in [6.07, 6.45) is 0.584. The Morgan fingerprint density at radius 2 is 2.04 bits per heavy atom. The van der Waals surface area contributed by atoms with Crippen LogP contribution in [0.4, 0.5) is 4.39 Å². The number of aromatic nitrogens is 1. The number of amides is 1. The topological polar surface area (TPSA) is 68.3 Å². The standard InChI is InChI=1S/C18H14BrFN2O3S/c19-11-5-6-12(13(20)9-11)18(24)25-10-16(23)21-8-7-17-22-14-3-1-2-4-15(14)26-17/h1-6,9H,7-8,10H2,(H,21,23). The van der Waals surface area contributed by atoms with Crippen molar-refractivity contribution in [3.8, 4) is 0 Å². The monoisotopic (exact) mass is 436 g/mol. The molecule has 8 heteroatoms. The smallest absolute Gasteiger partial charge is 0.341 e. The zero-order valence-electron chi connectivity index (χ0n) is 13.5. The molecule has 3 rings (SSSR count). The Morgan fingerprint density at radius 1 is 1.23 bits per heavy atom. The SMILES string of the molecule is O=C(COC(=O)c1ccc(Br)cc1F)NCCc1nc2ccccc2s1. The molecule has 1 amide bonds. The molecule has 0 aliphatic rings. The van der Waals surface area contributed by atoms with E-state index in [1.54, 1.807) is 11.3 Å². The number of carbonyl (C=O) groups excluding carboxylic acids is 2. The number of carbonyl (C=O) groups is 2. The summed E-state index contributed by atoms with van der Waals surface area (Å²) in [7, 11) is 0. The van der Waals surface area contributed by atoms with Crippen molar-refractivity contribution >= 4 is 49.4 Å². The van der Waals surface area contributed by atoms with Gasteiger partial charge < -0.3 is 10.1 Å². The van der Waals surface area contributed by atoms with Gasteiger partial charge in [-0.1, -0.05) is 28.1 Å². The molecule has 2 aromatic carbocycles. The van der Waals surface area contributed by atoms with Gasteiger partial charge in [0.2, 0.25) is 0 Å². The highest BCUT2D eigenvalue weighted by atomic mass is 79.9. The van der Waals surface area contributed by atoms with Crippen LogP contribution < -0.4 is 5.32 Å². The lowest BCUT2D eigenvalue weighted by molar-refractivity contribution is -0.124. The maximum atomic E-state index is 13.7. The molecule has 0 saturated carbocycles. The normalized spacial score (nSPS) is 10.7. The lowest BCUT2D eigenvalue weighted by Crippen LogP contribution is -2.30. The van der Waals surface area contributed by atoms with Gasteiger partial charge in [0.25, 0.3) is 5.91 Å². The van der Waals surface area contributed by atoms with E-state index in [1.807, 2.05) is 24.3 Å². The van der Waals surface area contributed by atoms with Gasteiger partial charge in [-0.25, -0.2) is 14.2 Å². The van der Waals surface area contributed by atoms with Gasteiger partial charge in [0.1, 0.15) is 5.82 Å². The van der Waals surface area contributed by atoms with Crippen LogP contribution >= 0.6 is 27.3 Å². The van der Waals surface area contributed by atoms with E-state index in [2.05, 4.69) is 26.2 Å². The fourth-order valence-corrected chi connectivity index (χ4v) is 3.55. The molecule has 0 spiro atoms. The van der Waals surface area contributed by atoms with E-state index in [1.165, 1.54) is 12.1 Å². The first-order chi connectivity index (χ1) is 12.5. The van der Waals surface area contributed by atoms with Crippen molar-refractivity contribution in [2.45, 2.75) is 6.42 Å². The number of esters is 1. The second kappa shape index (κ2) is 8.37. The second-order valence-corrected chi connectivity index (χ2v) is 7.41. The molecule has 3 aromatic rings. The first-order valence-corrected chi connectivity index (χ1v) is 9.37. The number of rotatable bonds is 6. The van der Waals surface area contributed by atoms with Gasteiger partial charge >= 0.3 is 5.97 Å². The Morgan fingerprint density at radius 3 is 2.81 bits per heavy atom. The van der Waals surface area contributed by atoms with Crippen LogP contribution in [0.3, 0.4) is 0 Å². The minimum absolute atomic E-state index is 0.213. The fourth-order valence-electron chi connectivity index (χ4n) is 2.25. The number of fused-ring (bicyclic) bond motifs is 1. The van der Waals surface area contributed by atoms with Crippen molar-refractivity contribution in [1.29, 1.82) is 0 Å². The Balaban J connectivity index is 1.44. The second-order valence-electron chi connectivity index (χ2n) is 5.38. The van der Waals surface area contributed by atoms with E-state index in [9.17, 15) is 14.0 Å². The van der Waals surface area contributed by atoms with Gasteiger partial charge in [-0.15, -0.1) is 11.3 Å². The van der Waals surface area contributed by atoms with E-state index in [4.69, 9.17) is 4.74 Å². The summed E-state index contributed by atoms with van der Waals surface area (Å²) in [6, 6.07) is 11.8. The summed E-state index contributed by atoms with van der Waals surface area (Å²) in [4.78, 5) is 28.1. The van der Waals surface area contributed by atoms with Gasteiger partial charge in [-0.2, -0.15) is 0 Å². The zero-order valence-corrected chi connectivity index (χ0v) is 15.9. The molecule has 26 heavy (non-hydrogen) atoms. The third-order valence-electron chi connectivity index (χ3n) is 3.48. The summed E-state index contributed by atoms with van der Waals surface area (Å²) in [5.74, 6) is -2.03. The van der Waals surface area contributed by atoms with Crippen LogP contribution in [-0.4, -0.2) is 30.0 Å². The van der Waals surface area contributed by atoms with E-state index in [-0.39, 0.29) is 5.56 Å². The molecule has 0 unspecified atom stereocenters. The average Bonchev–Trinajstić information content (AvgIpc) is 3.02. The van der Waals surface area contributed by atoms with Crippen LogP contribution in [0.2, 0.25) is 0 Å². The summed E-state index contributed by atoms with van der Waals surface area (Å²) < 4.78 is 20.1. The van der Waals surface area contributed by atoms with E-state index < -0.39 is 24.3 Å². The number of nitrogens with one attached hydrogen (secondary N) is 1. The number of hydrogen-bond donors (Lipinski definition) is 1. The lowest BCUT2D eigenvalue weighted by atomic mass is 10.2. The molecular weight excluding hydrogens is 423 g/mol. The van der Waals surface area contributed by atoms with Gasteiger partial charge in [-0.05, 0) is 30.3 Å². The zero-order chi connectivity index (χ0) is 18.5. The van der Waals surface area contributed by atoms with Crippen molar-refractivity contribution in [3.63, 3.8) is 0 Å². The van der Waals surface area contributed by atoms with Crippen molar-refractivity contribution in [3.05, 3.63) is 63.3 Å². The maximum Gasteiger partial charge on any atom is 0.341 e. The molecule has 0 saturated heterocycles. The maximum absolute atomic E-state index is 13.7. The third-order valence-corrected chi connectivity index (χ3v) is 5.07. The minimum atomic E-state index is -0.878. The number of benzene rings is 2. The number of ether oxygens (including phenoxy) is 1. The highest BCUT2D eigenvalue weighted by Gasteiger charge is 2.15. The Hall–Kier alpha value is -2.32. The van der Waals surface area contributed by atoms with Crippen LogP contribution in [0.25, 0.3) is 10.2 Å². The minimum Gasteiger partial charge on any atom is -0.452 e. The number of nitrogens with zero attached hydrogens (tertiary/aromatic N) is 1. The summed E-state index contributed by atoms with van der Waals surface area (Å²) in [5, 5.41) is 3.57. The van der Waals surface area contributed by atoms with Crippen LogP contribution in [0.15, 0.2) is 46.9 Å². The molecule has 1 heterocycles. The van der Waals surface area contributed by atoms with Crippen molar-refractivity contribution in [2.24, 2.45) is 0 Å². The van der Waals surface area contributed by atoms with Crippen molar-refractivity contribution in [1.82, 2.24) is 10.3 Å². The molecule has 1 N–H and O–H groups in total. The average molecular weight is 437 g/mol. The first kappa shape index (κ1) is 18.5. The molecule has 134 valence electrons. The Labute approximate surface area is 161 Å². The molecule has 0 radical (unpaired) electrons. The molecular formula is C18H14BrFN2O3S. The van der Waals surface area contributed by atoms with E-state index >= 15 is 0 Å². The highest BCUT2D eigenvalue weighted by Crippen LogP contribution is 2.21. The van der Waals surface area contributed by atoms with E-state index in [0.29, 0.717) is 17.4 Å². The quantitative estimate of drug-likeness (QED) is 0.597. The van der Waals surface area contributed by atoms with Gasteiger partial charge in [0, 0.05) is 17.4 Å². The van der Waals surface area contributed by atoms with Crippen LogP contribution in [0.1, 0.15) is 15.4 Å². The van der Waals surface area contributed by atoms with Crippen molar-refractivity contribution in [2.75, 3.05) is 13.2 Å². The first-order valence-electron chi connectivity index (χ1n) is 7.76. The Kier molecular flexibility index (Phi) is 5.95. The molecule has 0 fully saturated rings. The molecule has 1 aromatic heterocycles. The molecule has 0 atom stereocenters. The number of halogens is 2. The van der Waals surface area contributed by atoms with Crippen LogP contribution in [0.5, 0.6) is 0 Å². The predicted molar refractivity (Wildman–Crippen MR) is 101 cm³/mol. The Bertz CT molecular complexity index is 928. The molecule has 5 nitrogen and oxygen atoms in total. The van der Waals surface area contributed by atoms with E-state index in [0.717, 1.165) is 21.3 Å².